The molecule has 0 spiro atoms. The van der Waals surface area contributed by atoms with Crippen LogP contribution in [-0.2, 0) is 9.47 Å². The number of aromatic nitrogens is 2. The summed E-state index contributed by atoms with van der Waals surface area (Å²) in [6, 6.07) is 0.565. The van der Waals surface area contributed by atoms with E-state index in [4.69, 9.17) is 14.5 Å². The maximum atomic E-state index is 5.95. The average molecular weight is 348 g/mol. The molecule has 140 valence electrons. The first-order valence-electron chi connectivity index (χ1n) is 9.23. The van der Waals surface area contributed by atoms with Gasteiger partial charge in [0.25, 0.3) is 0 Å². The number of aryl methyl sites for hydroxylation is 1. The lowest BCUT2D eigenvalue weighted by Gasteiger charge is -2.45. The number of hydrogen-bond acceptors (Lipinski definition) is 6. The first-order valence-corrected chi connectivity index (χ1v) is 9.23. The van der Waals surface area contributed by atoms with Gasteiger partial charge < -0.3 is 19.3 Å². The second-order valence-electron chi connectivity index (χ2n) is 8.77. The van der Waals surface area contributed by atoms with Crippen LogP contribution in [0.1, 0.15) is 47.1 Å². The summed E-state index contributed by atoms with van der Waals surface area (Å²) in [6.45, 7) is 18.0. The summed E-state index contributed by atoms with van der Waals surface area (Å²) in [5, 5.41) is 0. The van der Waals surface area contributed by atoms with E-state index < -0.39 is 0 Å². The lowest BCUT2D eigenvalue weighted by molar-refractivity contribution is -0.0430. The van der Waals surface area contributed by atoms with Crippen molar-refractivity contribution in [3.8, 4) is 0 Å². The van der Waals surface area contributed by atoms with Crippen LogP contribution in [-0.4, -0.2) is 59.6 Å². The minimum Gasteiger partial charge on any atom is -0.372 e. The summed E-state index contributed by atoms with van der Waals surface area (Å²) in [6.07, 6.45) is 1.95. The van der Waals surface area contributed by atoms with Gasteiger partial charge in [0.2, 0.25) is 5.95 Å². The summed E-state index contributed by atoms with van der Waals surface area (Å²) < 4.78 is 11.9. The SMILES string of the molecule is Cc1cnc(N2CC(C)(C)OC[C@@H]2C)nc1N1CC(C)(C)OC[C@@H]1C. The van der Waals surface area contributed by atoms with E-state index in [0.717, 1.165) is 30.4 Å². The van der Waals surface area contributed by atoms with Crippen LogP contribution in [0.2, 0.25) is 0 Å². The molecular formula is C19H32N4O2. The van der Waals surface area contributed by atoms with Crippen molar-refractivity contribution in [2.24, 2.45) is 0 Å². The van der Waals surface area contributed by atoms with E-state index in [2.05, 4.69) is 63.2 Å². The van der Waals surface area contributed by atoms with Gasteiger partial charge in [-0.2, -0.15) is 4.98 Å². The number of nitrogens with zero attached hydrogens (tertiary/aromatic N) is 4. The van der Waals surface area contributed by atoms with Crippen molar-refractivity contribution < 1.29 is 9.47 Å². The Morgan fingerprint density at radius 2 is 1.48 bits per heavy atom. The summed E-state index contributed by atoms with van der Waals surface area (Å²) in [5.74, 6) is 1.81. The van der Waals surface area contributed by atoms with Crippen molar-refractivity contribution in [3.63, 3.8) is 0 Å². The smallest absolute Gasteiger partial charge is 0.227 e. The molecule has 6 heteroatoms. The fourth-order valence-electron chi connectivity index (χ4n) is 3.50. The van der Waals surface area contributed by atoms with E-state index >= 15 is 0 Å². The Morgan fingerprint density at radius 1 is 0.960 bits per heavy atom. The van der Waals surface area contributed by atoms with Crippen molar-refractivity contribution in [2.75, 3.05) is 36.1 Å². The molecule has 0 aliphatic carbocycles. The van der Waals surface area contributed by atoms with Gasteiger partial charge in [0, 0.05) is 24.8 Å². The zero-order valence-electron chi connectivity index (χ0n) is 16.7. The van der Waals surface area contributed by atoms with Crippen molar-refractivity contribution in [3.05, 3.63) is 11.8 Å². The largest absolute Gasteiger partial charge is 0.372 e. The first kappa shape index (κ1) is 18.4. The lowest BCUT2D eigenvalue weighted by Crippen LogP contribution is -2.55. The van der Waals surface area contributed by atoms with E-state index in [1.165, 1.54) is 0 Å². The molecule has 1 aromatic rings. The highest BCUT2D eigenvalue weighted by Gasteiger charge is 2.36. The molecule has 2 aliphatic rings. The summed E-state index contributed by atoms with van der Waals surface area (Å²) in [5.41, 5.74) is 0.751. The van der Waals surface area contributed by atoms with Gasteiger partial charge in [0.05, 0.1) is 36.5 Å². The van der Waals surface area contributed by atoms with E-state index in [0.29, 0.717) is 19.3 Å². The molecule has 0 amide bonds. The van der Waals surface area contributed by atoms with Crippen molar-refractivity contribution >= 4 is 11.8 Å². The van der Waals surface area contributed by atoms with E-state index in [1.54, 1.807) is 0 Å². The fraction of sp³-hybridized carbons (Fsp3) is 0.789. The predicted molar refractivity (Wildman–Crippen MR) is 100 cm³/mol. The zero-order valence-corrected chi connectivity index (χ0v) is 16.7. The van der Waals surface area contributed by atoms with E-state index in [-0.39, 0.29) is 17.2 Å². The van der Waals surface area contributed by atoms with Crippen LogP contribution in [0.5, 0.6) is 0 Å². The quantitative estimate of drug-likeness (QED) is 0.819. The predicted octanol–water partition coefficient (Wildman–Crippen LogP) is 2.79. The molecule has 3 heterocycles. The summed E-state index contributed by atoms with van der Waals surface area (Å²) in [4.78, 5) is 14.2. The lowest BCUT2D eigenvalue weighted by atomic mass is 10.0. The van der Waals surface area contributed by atoms with Crippen LogP contribution >= 0.6 is 0 Å². The van der Waals surface area contributed by atoms with Crippen LogP contribution in [0, 0.1) is 6.92 Å². The molecule has 25 heavy (non-hydrogen) atoms. The van der Waals surface area contributed by atoms with Crippen molar-refractivity contribution in [2.45, 2.75) is 71.8 Å². The van der Waals surface area contributed by atoms with Gasteiger partial charge in [-0.05, 0) is 48.5 Å². The molecule has 3 rings (SSSR count). The minimum atomic E-state index is -0.185. The van der Waals surface area contributed by atoms with E-state index in [1.807, 2.05) is 6.20 Å². The number of anilines is 2. The third-order valence-electron chi connectivity index (χ3n) is 5.06. The first-order chi connectivity index (χ1) is 11.6. The summed E-state index contributed by atoms with van der Waals surface area (Å²) in [7, 11) is 0. The topological polar surface area (TPSA) is 50.7 Å². The number of morpholine rings is 2. The molecule has 0 saturated carbocycles. The third-order valence-corrected chi connectivity index (χ3v) is 5.06. The molecule has 2 saturated heterocycles. The molecule has 0 aromatic carbocycles. The molecule has 2 fully saturated rings. The standard InChI is InChI=1S/C19H32N4O2/c1-13-8-20-17(23-12-19(6,7)25-10-15(23)3)21-16(13)22-11-18(4,5)24-9-14(22)2/h8,14-15H,9-12H2,1-7H3/t14-,15-/m0/s1. The molecule has 0 radical (unpaired) electrons. The highest BCUT2D eigenvalue weighted by Crippen LogP contribution is 2.30. The molecule has 1 aromatic heterocycles. The fourth-order valence-corrected chi connectivity index (χ4v) is 3.50. The molecule has 0 unspecified atom stereocenters. The second kappa shape index (κ2) is 6.40. The third kappa shape index (κ3) is 3.90. The number of hydrogen-bond donors (Lipinski definition) is 0. The van der Waals surface area contributed by atoms with Crippen LogP contribution in [0.15, 0.2) is 6.20 Å². The van der Waals surface area contributed by atoms with Crippen LogP contribution in [0.4, 0.5) is 11.8 Å². The maximum Gasteiger partial charge on any atom is 0.227 e. The van der Waals surface area contributed by atoms with Gasteiger partial charge in [-0.1, -0.05) is 0 Å². The van der Waals surface area contributed by atoms with Crippen LogP contribution < -0.4 is 9.80 Å². The Kier molecular flexibility index (Phi) is 4.71. The van der Waals surface area contributed by atoms with Gasteiger partial charge in [-0.25, -0.2) is 4.98 Å². The zero-order chi connectivity index (χ0) is 18.4. The normalized spacial score (nSPS) is 28.9. The highest BCUT2D eigenvalue weighted by molar-refractivity contribution is 5.51. The molecule has 6 nitrogen and oxygen atoms in total. The molecular weight excluding hydrogens is 316 g/mol. The average Bonchev–Trinajstić information content (AvgIpc) is 2.53. The number of rotatable bonds is 2. The van der Waals surface area contributed by atoms with Crippen LogP contribution in [0.25, 0.3) is 0 Å². The Hall–Kier alpha value is -1.40. The van der Waals surface area contributed by atoms with Gasteiger partial charge in [0.1, 0.15) is 5.82 Å². The Balaban J connectivity index is 1.92. The molecule has 0 bridgehead atoms. The van der Waals surface area contributed by atoms with Gasteiger partial charge in [0.15, 0.2) is 0 Å². The minimum absolute atomic E-state index is 0.168. The van der Waals surface area contributed by atoms with Gasteiger partial charge >= 0.3 is 0 Å². The van der Waals surface area contributed by atoms with Crippen LogP contribution in [0.3, 0.4) is 0 Å². The second-order valence-corrected chi connectivity index (χ2v) is 8.77. The van der Waals surface area contributed by atoms with Crippen molar-refractivity contribution in [1.29, 1.82) is 0 Å². The Bertz CT molecular complexity index is 632. The molecule has 0 N–H and O–H groups in total. The van der Waals surface area contributed by atoms with Crippen molar-refractivity contribution in [1.82, 2.24) is 9.97 Å². The van der Waals surface area contributed by atoms with Gasteiger partial charge in [-0.3, -0.25) is 0 Å². The Labute approximate surface area is 151 Å². The van der Waals surface area contributed by atoms with Gasteiger partial charge in [-0.15, -0.1) is 0 Å². The summed E-state index contributed by atoms with van der Waals surface area (Å²) >= 11 is 0. The Morgan fingerprint density at radius 3 is 2.08 bits per heavy atom. The maximum absolute atomic E-state index is 5.95. The monoisotopic (exact) mass is 348 g/mol. The van der Waals surface area contributed by atoms with E-state index in [9.17, 15) is 0 Å². The molecule has 2 atom stereocenters. The number of ether oxygens (including phenoxy) is 2. The highest BCUT2D eigenvalue weighted by atomic mass is 16.5. The molecule has 2 aliphatic heterocycles.